The summed E-state index contributed by atoms with van der Waals surface area (Å²) < 4.78 is 5.01. The van der Waals surface area contributed by atoms with Crippen LogP contribution in [0.2, 0.25) is 0 Å². The molecule has 0 saturated carbocycles. The Morgan fingerprint density at radius 2 is 1.65 bits per heavy atom. The largest absolute Gasteiger partial charge is 0.360 e. The number of amides is 1. The van der Waals surface area contributed by atoms with Crippen molar-refractivity contribution >= 4 is 23.4 Å². The maximum absolute atomic E-state index is 12.7. The zero-order valence-corrected chi connectivity index (χ0v) is 15.5. The molecule has 2 aromatic heterocycles. The number of benzene rings is 1. The van der Waals surface area contributed by atoms with Crippen molar-refractivity contribution in [3.63, 3.8) is 0 Å². The minimum absolute atomic E-state index is 0.277. The second-order valence-corrected chi connectivity index (χ2v) is 6.39. The van der Waals surface area contributed by atoms with Gasteiger partial charge < -0.3 is 15.2 Å². The number of anilines is 3. The van der Waals surface area contributed by atoms with Crippen LogP contribution < -0.4 is 10.6 Å². The van der Waals surface area contributed by atoms with Crippen LogP contribution in [0, 0.1) is 34.6 Å². The van der Waals surface area contributed by atoms with E-state index in [1.807, 2.05) is 32.9 Å². The van der Waals surface area contributed by atoms with Crippen LogP contribution >= 0.6 is 0 Å². The summed E-state index contributed by atoms with van der Waals surface area (Å²) >= 11 is 0. The van der Waals surface area contributed by atoms with Gasteiger partial charge in [0.1, 0.15) is 11.5 Å². The second kappa shape index (κ2) is 6.95. The smallest absolute Gasteiger partial charge is 0.274 e. The van der Waals surface area contributed by atoms with Crippen molar-refractivity contribution in [2.45, 2.75) is 34.6 Å². The van der Waals surface area contributed by atoms with Gasteiger partial charge in [0, 0.05) is 17.4 Å². The van der Waals surface area contributed by atoms with Crippen molar-refractivity contribution < 1.29 is 9.32 Å². The number of carbonyl (C=O) groups is 1. The molecular weight excluding hydrogens is 330 g/mol. The van der Waals surface area contributed by atoms with Crippen LogP contribution in [0.25, 0.3) is 0 Å². The molecule has 0 spiro atoms. The first kappa shape index (κ1) is 17.6. The molecule has 3 rings (SSSR count). The first-order valence-electron chi connectivity index (χ1n) is 8.27. The Hall–Kier alpha value is -3.22. The highest BCUT2D eigenvalue weighted by molar-refractivity contribution is 6.04. The average molecular weight is 351 g/mol. The van der Waals surface area contributed by atoms with Crippen molar-refractivity contribution in [2.75, 3.05) is 10.6 Å². The zero-order valence-electron chi connectivity index (χ0n) is 15.5. The highest BCUT2D eigenvalue weighted by Crippen LogP contribution is 2.23. The van der Waals surface area contributed by atoms with Gasteiger partial charge in [-0.3, -0.25) is 4.79 Å². The van der Waals surface area contributed by atoms with E-state index in [-0.39, 0.29) is 11.6 Å². The summed E-state index contributed by atoms with van der Waals surface area (Å²) in [4.78, 5) is 21.3. The lowest BCUT2D eigenvalue weighted by molar-refractivity contribution is 0.102. The molecule has 0 atom stereocenters. The molecule has 0 saturated heterocycles. The standard InChI is InChI=1S/C19H21N5O2/c1-10-6-11(2)17(12(3)7-10)23-18(25)15-8-13(4)20-19(21-15)22-16-9-14(5)26-24-16/h6-9H,1-5H3,(H,23,25)(H,20,21,22,24). The fourth-order valence-corrected chi connectivity index (χ4v) is 2.84. The lowest BCUT2D eigenvalue weighted by Gasteiger charge is -2.13. The van der Waals surface area contributed by atoms with Crippen LogP contribution in [0.4, 0.5) is 17.5 Å². The average Bonchev–Trinajstić information content (AvgIpc) is 2.95. The summed E-state index contributed by atoms with van der Waals surface area (Å²) in [5, 5.41) is 9.75. The summed E-state index contributed by atoms with van der Waals surface area (Å²) in [5.41, 5.74) is 4.93. The van der Waals surface area contributed by atoms with Crippen LogP contribution in [0.3, 0.4) is 0 Å². The van der Waals surface area contributed by atoms with Crippen molar-refractivity contribution in [1.29, 1.82) is 0 Å². The third-order valence-corrected chi connectivity index (χ3v) is 3.87. The van der Waals surface area contributed by atoms with Gasteiger partial charge in [-0.1, -0.05) is 22.9 Å². The van der Waals surface area contributed by atoms with Crippen molar-refractivity contribution in [3.8, 4) is 0 Å². The lowest BCUT2D eigenvalue weighted by Crippen LogP contribution is -2.17. The van der Waals surface area contributed by atoms with Crippen LogP contribution in [0.15, 0.2) is 28.8 Å². The van der Waals surface area contributed by atoms with Gasteiger partial charge in [-0.05, 0) is 51.8 Å². The fourth-order valence-electron chi connectivity index (χ4n) is 2.84. The zero-order chi connectivity index (χ0) is 18.8. The normalized spacial score (nSPS) is 10.7. The van der Waals surface area contributed by atoms with Gasteiger partial charge in [0.2, 0.25) is 5.95 Å². The van der Waals surface area contributed by atoms with E-state index in [0.717, 1.165) is 22.4 Å². The molecule has 0 unspecified atom stereocenters. The number of nitrogens with one attached hydrogen (secondary N) is 2. The molecule has 2 N–H and O–H groups in total. The SMILES string of the molecule is Cc1cc(C)c(NC(=O)c2cc(C)nc(Nc3cc(C)on3)n2)c(C)c1. The second-order valence-electron chi connectivity index (χ2n) is 6.39. The summed E-state index contributed by atoms with van der Waals surface area (Å²) in [6, 6.07) is 7.44. The number of carbonyl (C=O) groups excluding carboxylic acids is 1. The highest BCUT2D eigenvalue weighted by atomic mass is 16.5. The van der Waals surface area contributed by atoms with E-state index < -0.39 is 0 Å². The van der Waals surface area contributed by atoms with Gasteiger partial charge in [0.05, 0.1) is 0 Å². The Labute approximate surface area is 151 Å². The molecule has 0 aliphatic rings. The monoisotopic (exact) mass is 351 g/mol. The molecular formula is C19H21N5O2. The number of hydrogen-bond acceptors (Lipinski definition) is 6. The third-order valence-electron chi connectivity index (χ3n) is 3.87. The molecule has 1 amide bonds. The van der Waals surface area contributed by atoms with Gasteiger partial charge in [0.15, 0.2) is 5.82 Å². The van der Waals surface area contributed by atoms with E-state index in [2.05, 4.69) is 25.8 Å². The van der Waals surface area contributed by atoms with Crippen LogP contribution in [-0.2, 0) is 0 Å². The van der Waals surface area contributed by atoms with Gasteiger partial charge in [-0.25, -0.2) is 9.97 Å². The van der Waals surface area contributed by atoms with Gasteiger partial charge in [-0.2, -0.15) is 0 Å². The van der Waals surface area contributed by atoms with E-state index in [4.69, 9.17) is 4.52 Å². The van der Waals surface area contributed by atoms with Gasteiger partial charge >= 0.3 is 0 Å². The number of aromatic nitrogens is 3. The third kappa shape index (κ3) is 3.88. The van der Waals surface area contributed by atoms with Crippen LogP contribution in [-0.4, -0.2) is 21.0 Å². The predicted octanol–water partition coefficient (Wildman–Crippen LogP) is 4.00. The lowest BCUT2D eigenvalue weighted by atomic mass is 10.0. The number of hydrogen-bond donors (Lipinski definition) is 2. The fraction of sp³-hybridized carbons (Fsp3) is 0.263. The first-order chi connectivity index (χ1) is 12.3. The Kier molecular flexibility index (Phi) is 4.71. The molecule has 0 fully saturated rings. The molecule has 3 aromatic rings. The molecule has 0 aliphatic carbocycles. The predicted molar refractivity (Wildman–Crippen MR) is 99.9 cm³/mol. The van der Waals surface area contributed by atoms with Gasteiger partial charge in [0.25, 0.3) is 5.91 Å². The Morgan fingerprint density at radius 3 is 2.27 bits per heavy atom. The van der Waals surface area contributed by atoms with E-state index >= 15 is 0 Å². The van der Waals surface area contributed by atoms with Crippen molar-refractivity contribution in [2.24, 2.45) is 0 Å². The first-order valence-corrected chi connectivity index (χ1v) is 8.27. The summed E-state index contributed by atoms with van der Waals surface area (Å²) in [5.74, 6) is 1.17. The molecule has 0 radical (unpaired) electrons. The highest BCUT2D eigenvalue weighted by Gasteiger charge is 2.14. The summed E-state index contributed by atoms with van der Waals surface area (Å²) in [7, 11) is 0. The minimum Gasteiger partial charge on any atom is -0.360 e. The van der Waals surface area contributed by atoms with Gasteiger partial charge in [-0.15, -0.1) is 0 Å². The molecule has 1 aromatic carbocycles. The molecule has 7 heteroatoms. The van der Waals surface area contributed by atoms with E-state index in [9.17, 15) is 4.79 Å². The summed E-state index contributed by atoms with van der Waals surface area (Å²) in [6.45, 7) is 9.57. The van der Waals surface area contributed by atoms with Crippen LogP contribution in [0.1, 0.15) is 38.6 Å². The van der Waals surface area contributed by atoms with Crippen molar-refractivity contribution in [1.82, 2.24) is 15.1 Å². The molecule has 0 bridgehead atoms. The molecule has 0 aliphatic heterocycles. The maximum atomic E-state index is 12.7. The van der Waals surface area contributed by atoms with Crippen molar-refractivity contribution in [3.05, 3.63) is 58.1 Å². The summed E-state index contributed by atoms with van der Waals surface area (Å²) in [6.07, 6.45) is 0. The van der Waals surface area contributed by atoms with E-state index in [1.54, 1.807) is 26.0 Å². The topological polar surface area (TPSA) is 92.9 Å². The van der Waals surface area contributed by atoms with Crippen LogP contribution in [0.5, 0.6) is 0 Å². The quantitative estimate of drug-likeness (QED) is 0.738. The molecule has 7 nitrogen and oxygen atoms in total. The Balaban J connectivity index is 1.86. The molecule has 2 heterocycles. The maximum Gasteiger partial charge on any atom is 0.274 e. The Morgan fingerprint density at radius 1 is 0.962 bits per heavy atom. The molecule has 134 valence electrons. The molecule has 26 heavy (non-hydrogen) atoms. The van der Waals surface area contributed by atoms with E-state index in [0.29, 0.717) is 23.2 Å². The Bertz CT molecular complexity index is 955. The van der Waals surface area contributed by atoms with E-state index in [1.165, 1.54) is 0 Å². The number of aryl methyl sites for hydroxylation is 5. The number of rotatable bonds is 4. The number of nitrogens with zero attached hydrogens (tertiary/aromatic N) is 3. The minimum atomic E-state index is -0.287.